The van der Waals surface area contributed by atoms with E-state index in [-0.39, 0.29) is 24.5 Å². The van der Waals surface area contributed by atoms with E-state index in [1.54, 1.807) is 55.5 Å². The minimum absolute atomic E-state index is 0.0292. The monoisotopic (exact) mass is 499 g/mol. The van der Waals surface area contributed by atoms with Gasteiger partial charge in [-0.1, -0.05) is 49.4 Å². The number of hydrogen-bond acceptors (Lipinski definition) is 6. The van der Waals surface area contributed by atoms with Gasteiger partial charge in [-0.25, -0.2) is 4.79 Å². The number of aliphatic hydroxyl groups excluding tert-OH is 1. The van der Waals surface area contributed by atoms with Crippen LogP contribution in [0, 0.1) is 0 Å². The van der Waals surface area contributed by atoms with Gasteiger partial charge >= 0.3 is 5.97 Å². The zero-order chi connectivity index (χ0) is 26.4. The molecule has 7 nitrogen and oxygen atoms in total. The van der Waals surface area contributed by atoms with Gasteiger partial charge in [0.05, 0.1) is 30.4 Å². The van der Waals surface area contributed by atoms with E-state index in [2.05, 4.69) is 0 Å². The van der Waals surface area contributed by atoms with Crippen LogP contribution in [0.25, 0.3) is 5.76 Å². The summed E-state index contributed by atoms with van der Waals surface area (Å²) in [6.07, 6.45) is 0.869. The van der Waals surface area contributed by atoms with E-state index < -0.39 is 23.7 Å². The van der Waals surface area contributed by atoms with Crippen molar-refractivity contribution >= 4 is 23.4 Å². The number of carbonyl (C=O) groups excluding carboxylic acids is 3. The number of hydrogen-bond donors (Lipinski definition) is 1. The van der Waals surface area contributed by atoms with Crippen LogP contribution in [0.3, 0.4) is 0 Å². The summed E-state index contributed by atoms with van der Waals surface area (Å²) in [5.41, 5.74) is 2.28. The Balaban J connectivity index is 1.70. The van der Waals surface area contributed by atoms with Gasteiger partial charge in [-0.2, -0.15) is 0 Å². The van der Waals surface area contributed by atoms with Crippen molar-refractivity contribution in [1.82, 2.24) is 4.90 Å². The second-order valence-corrected chi connectivity index (χ2v) is 8.63. The zero-order valence-corrected chi connectivity index (χ0v) is 20.8. The predicted octanol–water partition coefficient (Wildman–Crippen LogP) is 5.27. The summed E-state index contributed by atoms with van der Waals surface area (Å²) in [5, 5.41) is 11.2. The molecule has 4 rings (SSSR count). The van der Waals surface area contributed by atoms with Gasteiger partial charge in [0.15, 0.2) is 0 Å². The van der Waals surface area contributed by atoms with E-state index in [0.717, 1.165) is 12.0 Å². The smallest absolute Gasteiger partial charge is 0.338 e. The molecule has 1 unspecified atom stereocenters. The Morgan fingerprint density at radius 3 is 2.16 bits per heavy atom. The number of aliphatic hydroxyl groups is 1. The molecule has 1 N–H and O–H groups in total. The molecule has 1 saturated heterocycles. The molecule has 1 fully saturated rings. The van der Waals surface area contributed by atoms with Gasteiger partial charge < -0.3 is 19.5 Å². The number of benzene rings is 3. The lowest BCUT2D eigenvalue weighted by Gasteiger charge is -2.25. The number of ketones is 1. The molecule has 1 heterocycles. The van der Waals surface area contributed by atoms with E-state index >= 15 is 0 Å². The first kappa shape index (κ1) is 25.7. The second-order valence-electron chi connectivity index (χ2n) is 8.63. The van der Waals surface area contributed by atoms with Gasteiger partial charge in [0.2, 0.25) is 0 Å². The Hall–Kier alpha value is -4.39. The molecule has 1 atom stereocenters. The first-order valence-electron chi connectivity index (χ1n) is 12.3. The number of amides is 1. The van der Waals surface area contributed by atoms with Crippen LogP contribution >= 0.6 is 0 Å². The molecule has 0 saturated carbocycles. The third kappa shape index (κ3) is 5.56. The molecule has 3 aromatic carbocycles. The Morgan fingerprint density at radius 2 is 1.54 bits per heavy atom. The van der Waals surface area contributed by atoms with E-state index in [4.69, 9.17) is 9.47 Å². The fraction of sp³-hybridized carbons (Fsp3) is 0.233. The molecular formula is C30H29NO6. The average molecular weight is 500 g/mol. The quantitative estimate of drug-likeness (QED) is 0.187. The van der Waals surface area contributed by atoms with Crippen LogP contribution in [-0.2, 0) is 20.9 Å². The lowest BCUT2D eigenvalue weighted by atomic mass is 9.95. The summed E-state index contributed by atoms with van der Waals surface area (Å²) >= 11 is 0. The largest absolute Gasteiger partial charge is 0.507 e. The second kappa shape index (κ2) is 11.6. The molecule has 0 aromatic heterocycles. The summed E-state index contributed by atoms with van der Waals surface area (Å²) in [5.74, 6) is -1.46. The SMILES string of the molecule is CCCOc1ccc(/C(O)=C2\C(=O)C(=O)N(Cc3ccc(C(=O)OCC)cc3)C2c2ccccc2)cc1. The van der Waals surface area contributed by atoms with E-state index in [1.807, 2.05) is 37.3 Å². The number of carbonyl (C=O) groups is 3. The summed E-state index contributed by atoms with van der Waals surface area (Å²) in [6.45, 7) is 4.72. The van der Waals surface area contributed by atoms with Crippen LogP contribution < -0.4 is 4.74 Å². The van der Waals surface area contributed by atoms with Crippen molar-refractivity contribution in [2.75, 3.05) is 13.2 Å². The predicted molar refractivity (Wildman–Crippen MR) is 139 cm³/mol. The van der Waals surface area contributed by atoms with Crippen molar-refractivity contribution in [3.05, 3.63) is 107 Å². The van der Waals surface area contributed by atoms with Gasteiger partial charge in [0.1, 0.15) is 11.5 Å². The summed E-state index contributed by atoms with van der Waals surface area (Å²) in [7, 11) is 0. The summed E-state index contributed by atoms with van der Waals surface area (Å²) in [6, 6.07) is 21.9. The van der Waals surface area contributed by atoms with Crippen LogP contribution in [0.4, 0.5) is 0 Å². The van der Waals surface area contributed by atoms with Crippen LogP contribution in [0.2, 0.25) is 0 Å². The molecule has 190 valence electrons. The maximum Gasteiger partial charge on any atom is 0.338 e. The average Bonchev–Trinajstić information content (AvgIpc) is 3.17. The summed E-state index contributed by atoms with van der Waals surface area (Å²) < 4.78 is 10.6. The van der Waals surface area contributed by atoms with Crippen molar-refractivity contribution < 1.29 is 29.0 Å². The third-order valence-electron chi connectivity index (χ3n) is 6.07. The number of esters is 1. The lowest BCUT2D eigenvalue weighted by molar-refractivity contribution is -0.140. The molecule has 0 spiro atoms. The molecule has 0 aliphatic carbocycles. The number of nitrogens with zero attached hydrogens (tertiary/aromatic N) is 1. The molecule has 0 bridgehead atoms. The van der Waals surface area contributed by atoms with Crippen molar-refractivity contribution in [2.45, 2.75) is 32.9 Å². The van der Waals surface area contributed by atoms with Crippen LogP contribution in [0.5, 0.6) is 5.75 Å². The van der Waals surface area contributed by atoms with Crippen molar-refractivity contribution in [3.63, 3.8) is 0 Å². The van der Waals surface area contributed by atoms with Gasteiger partial charge in [-0.15, -0.1) is 0 Å². The molecule has 7 heteroatoms. The Bertz CT molecular complexity index is 1300. The zero-order valence-electron chi connectivity index (χ0n) is 20.8. The van der Waals surface area contributed by atoms with Crippen LogP contribution in [0.1, 0.15) is 53.4 Å². The number of rotatable bonds is 9. The van der Waals surface area contributed by atoms with E-state index in [0.29, 0.717) is 29.0 Å². The number of ether oxygens (including phenoxy) is 2. The van der Waals surface area contributed by atoms with Crippen molar-refractivity contribution in [3.8, 4) is 5.75 Å². The lowest BCUT2D eigenvalue weighted by Crippen LogP contribution is -2.29. The fourth-order valence-electron chi connectivity index (χ4n) is 4.27. The molecule has 3 aromatic rings. The van der Waals surface area contributed by atoms with Crippen molar-refractivity contribution in [1.29, 1.82) is 0 Å². The van der Waals surface area contributed by atoms with Gasteiger partial charge in [-0.3, -0.25) is 9.59 Å². The topological polar surface area (TPSA) is 93.1 Å². The normalized spacial score (nSPS) is 16.6. The Labute approximate surface area is 215 Å². The molecule has 1 aliphatic heterocycles. The maximum atomic E-state index is 13.2. The first-order chi connectivity index (χ1) is 17.9. The molecule has 1 amide bonds. The number of likely N-dealkylation sites (tertiary alicyclic amines) is 1. The van der Waals surface area contributed by atoms with Gasteiger partial charge in [0.25, 0.3) is 11.7 Å². The molecule has 37 heavy (non-hydrogen) atoms. The van der Waals surface area contributed by atoms with E-state index in [9.17, 15) is 19.5 Å². The minimum atomic E-state index is -0.776. The molecule has 1 aliphatic rings. The standard InChI is InChI=1S/C30H29NO6/c1-3-18-37-24-16-14-22(15-17-24)27(32)25-26(21-8-6-5-7-9-21)31(29(34)28(25)33)19-20-10-12-23(13-11-20)30(35)36-4-2/h5-17,26,32H,3-4,18-19H2,1-2H3/b27-25+. The third-order valence-corrected chi connectivity index (χ3v) is 6.07. The highest BCUT2D eigenvalue weighted by molar-refractivity contribution is 6.46. The summed E-state index contributed by atoms with van der Waals surface area (Å²) in [4.78, 5) is 39.9. The highest BCUT2D eigenvalue weighted by Gasteiger charge is 2.46. The van der Waals surface area contributed by atoms with Gasteiger partial charge in [0, 0.05) is 12.1 Å². The number of Topliss-reactive ketones (excluding diaryl/α,β-unsaturated/α-hetero) is 1. The first-order valence-corrected chi connectivity index (χ1v) is 12.3. The maximum absolute atomic E-state index is 13.2. The van der Waals surface area contributed by atoms with Crippen LogP contribution in [0.15, 0.2) is 84.4 Å². The highest BCUT2D eigenvalue weighted by Crippen LogP contribution is 2.40. The molecular weight excluding hydrogens is 470 g/mol. The van der Waals surface area contributed by atoms with Crippen LogP contribution in [-0.4, -0.2) is 40.9 Å². The Morgan fingerprint density at radius 1 is 0.892 bits per heavy atom. The Kier molecular flexibility index (Phi) is 8.03. The van der Waals surface area contributed by atoms with E-state index in [1.165, 1.54) is 4.90 Å². The molecule has 0 radical (unpaired) electrons. The fourth-order valence-corrected chi connectivity index (χ4v) is 4.27. The highest BCUT2D eigenvalue weighted by atomic mass is 16.5. The minimum Gasteiger partial charge on any atom is -0.507 e. The van der Waals surface area contributed by atoms with Crippen molar-refractivity contribution in [2.24, 2.45) is 0 Å². The van der Waals surface area contributed by atoms with Gasteiger partial charge in [-0.05, 0) is 60.9 Å².